The predicted molar refractivity (Wildman–Crippen MR) is 123 cm³/mol. The highest BCUT2D eigenvalue weighted by atomic mass is 16.2. The fourth-order valence-electron chi connectivity index (χ4n) is 2.74. The van der Waals surface area contributed by atoms with Crippen LogP contribution in [0.2, 0.25) is 0 Å². The Morgan fingerprint density at radius 3 is 0.968 bits per heavy atom. The van der Waals surface area contributed by atoms with Gasteiger partial charge in [-0.1, -0.05) is 91.0 Å². The van der Waals surface area contributed by atoms with Gasteiger partial charge in [0, 0.05) is 18.2 Å². The molecule has 31 heavy (non-hydrogen) atoms. The normalized spacial score (nSPS) is 11.2. The Balaban J connectivity index is 1.83. The molecule has 0 aliphatic carbocycles. The van der Waals surface area contributed by atoms with Gasteiger partial charge in [0.05, 0.1) is 0 Å². The first-order valence-electron chi connectivity index (χ1n) is 9.75. The van der Waals surface area contributed by atoms with Crippen molar-refractivity contribution in [3.05, 3.63) is 126 Å². The number of rotatable bonds is 6. The van der Waals surface area contributed by atoms with Crippen LogP contribution < -0.4 is 0 Å². The lowest BCUT2D eigenvalue weighted by Gasteiger charge is -2.13. The van der Waals surface area contributed by atoms with Crippen molar-refractivity contribution in [1.29, 1.82) is 0 Å². The Labute approximate surface area is 181 Å². The zero-order chi connectivity index (χ0) is 21.9. The topological polar surface area (TPSA) is 54.5 Å². The van der Waals surface area contributed by atoms with Gasteiger partial charge in [0.1, 0.15) is 0 Å². The highest BCUT2D eigenvalue weighted by molar-refractivity contribution is 6.21. The molecule has 0 saturated heterocycles. The van der Waals surface area contributed by atoms with Crippen LogP contribution in [0.3, 0.4) is 0 Å². The Morgan fingerprint density at radius 2 is 0.710 bits per heavy atom. The van der Waals surface area contributed by atoms with Crippen LogP contribution in [-0.4, -0.2) is 22.6 Å². The predicted octanol–water partition coefficient (Wildman–Crippen LogP) is 5.01. The van der Waals surface area contributed by atoms with Crippen LogP contribution >= 0.6 is 0 Å². The summed E-state index contributed by atoms with van der Waals surface area (Å²) in [5.41, 5.74) is 2.36. The van der Waals surface area contributed by atoms with E-state index in [-0.39, 0.29) is 0 Å². The summed E-state index contributed by atoms with van der Waals surface area (Å²) in [5.74, 6) is -2.14. The molecule has 3 aromatic rings. The molecular weight excluding hydrogens is 386 g/mol. The minimum absolute atomic E-state index is 0.623. The maximum absolute atomic E-state index is 12.8. The second kappa shape index (κ2) is 11.0. The molecule has 152 valence electrons. The number of imide groups is 3. The standard InChI is InChI=1S/C27H21NO3/c29-25(19-16-22-10-4-1-5-11-22)28(26(30)20-17-23-12-6-2-7-13-23)27(31)21-18-24-14-8-3-9-15-24/h1-21H/b19-16+,20-17+,21-18+. The molecule has 0 heterocycles. The fraction of sp³-hybridized carbons (Fsp3) is 0. The molecule has 0 bridgehead atoms. The smallest absolute Gasteiger partial charge is 0.260 e. The average molecular weight is 407 g/mol. The molecule has 0 spiro atoms. The van der Waals surface area contributed by atoms with Gasteiger partial charge in [-0.2, -0.15) is 0 Å². The molecule has 3 amide bonds. The van der Waals surface area contributed by atoms with Crippen LogP contribution in [0.15, 0.2) is 109 Å². The van der Waals surface area contributed by atoms with E-state index >= 15 is 0 Å². The van der Waals surface area contributed by atoms with E-state index in [2.05, 4.69) is 0 Å². The van der Waals surface area contributed by atoms with Gasteiger partial charge in [0.25, 0.3) is 17.7 Å². The van der Waals surface area contributed by atoms with E-state index in [4.69, 9.17) is 0 Å². The third-order valence-corrected chi connectivity index (χ3v) is 4.31. The zero-order valence-electron chi connectivity index (χ0n) is 16.8. The lowest BCUT2D eigenvalue weighted by atomic mass is 10.2. The van der Waals surface area contributed by atoms with Gasteiger partial charge in [-0.25, -0.2) is 4.90 Å². The van der Waals surface area contributed by atoms with Crippen molar-refractivity contribution in [2.45, 2.75) is 0 Å². The van der Waals surface area contributed by atoms with Crippen molar-refractivity contribution in [2.75, 3.05) is 0 Å². The van der Waals surface area contributed by atoms with Gasteiger partial charge in [-0.05, 0) is 34.9 Å². The molecule has 0 aliphatic rings. The Bertz CT molecular complexity index is 969. The second-order valence-electron chi connectivity index (χ2n) is 6.58. The highest BCUT2D eigenvalue weighted by Crippen LogP contribution is 2.08. The van der Waals surface area contributed by atoms with Crippen molar-refractivity contribution in [2.24, 2.45) is 0 Å². The summed E-state index contributed by atoms with van der Waals surface area (Å²) in [6.07, 6.45) is 8.36. The summed E-state index contributed by atoms with van der Waals surface area (Å²) in [4.78, 5) is 38.9. The van der Waals surface area contributed by atoms with E-state index in [1.807, 2.05) is 91.0 Å². The molecular formula is C27H21NO3. The summed E-state index contributed by atoms with van der Waals surface area (Å²) in [6.45, 7) is 0. The zero-order valence-corrected chi connectivity index (χ0v) is 16.8. The SMILES string of the molecule is O=C(/C=C/c1ccccc1)N(C(=O)/C=C/c1ccccc1)C(=O)/C=C/c1ccccc1. The summed E-state index contributed by atoms with van der Waals surface area (Å²) in [5, 5.41) is 0. The van der Waals surface area contributed by atoms with Crippen molar-refractivity contribution >= 4 is 35.9 Å². The molecule has 0 fully saturated rings. The van der Waals surface area contributed by atoms with Crippen molar-refractivity contribution in [1.82, 2.24) is 4.90 Å². The van der Waals surface area contributed by atoms with Gasteiger partial charge in [0.15, 0.2) is 0 Å². The Morgan fingerprint density at radius 1 is 0.452 bits per heavy atom. The molecule has 3 aromatic carbocycles. The van der Waals surface area contributed by atoms with E-state index in [0.29, 0.717) is 4.90 Å². The first-order valence-corrected chi connectivity index (χ1v) is 9.75. The van der Waals surface area contributed by atoms with Crippen LogP contribution in [0, 0.1) is 0 Å². The second-order valence-corrected chi connectivity index (χ2v) is 6.58. The third-order valence-electron chi connectivity index (χ3n) is 4.31. The molecule has 0 atom stereocenters. The van der Waals surface area contributed by atoms with E-state index in [1.165, 1.54) is 18.2 Å². The molecule has 3 rings (SSSR count). The lowest BCUT2D eigenvalue weighted by molar-refractivity contribution is -0.147. The van der Waals surface area contributed by atoms with Crippen LogP contribution in [-0.2, 0) is 14.4 Å². The van der Waals surface area contributed by atoms with Crippen LogP contribution in [0.4, 0.5) is 0 Å². The van der Waals surface area contributed by atoms with Crippen molar-refractivity contribution < 1.29 is 14.4 Å². The number of amides is 3. The van der Waals surface area contributed by atoms with E-state index < -0.39 is 17.7 Å². The minimum Gasteiger partial charge on any atom is -0.269 e. The maximum Gasteiger partial charge on any atom is 0.260 e. The molecule has 0 aliphatic heterocycles. The molecule has 4 nitrogen and oxygen atoms in total. The molecule has 0 saturated carbocycles. The third kappa shape index (κ3) is 6.61. The number of carbonyl (C=O) groups excluding carboxylic acids is 3. The van der Waals surface area contributed by atoms with E-state index in [1.54, 1.807) is 18.2 Å². The maximum atomic E-state index is 12.8. The van der Waals surface area contributed by atoms with Crippen LogP contribution in [0.5, 0.6) is 0 Å². The van der Waals surface area contributed by atoms with Gasteiger partial charge < -0.3 is 0 Å². The first kappa shape index (κ1) is 21.4. The lowest BCUT2D eigenvalue weighted by Crippen LogP contribution is -2.39. The number of nitrogens with zero attached hydrogens (tertiary/aromatic N) is 1. The minimum atomic E-state index is -0.714. The fourth-order valence-corrected chi connectivity index (χ4v) is 2.74. The molecule has 0 unspecified atom stereocenters. The van der Waals surface area contributed by atoms with Crippen LogP contribution in [0.25, 0.3) is 18.2 Å². The summed E-state index contributed by atoms with van der Waals surface area (Å²) in [7, 11) is 0. The Kier molecular flexibility index (Phi) is 7.61. The van der Waals surface area contributed by atoms with Gasteiger partial charge >= 0.3 is 0 Å². The van der Waals surface area contributed by atoms with Gasteiger partial charge in [0.2, 0.25) is 0 Å². The number of hydrogen-bond acceptors (Lipinski definition) is 3. The summed E-state index contributed by atoms with van der Waals surface area (Å²) < 4.78 is 0. The summed E-state index contributed by atoms with van der Waals surface area (Å²) >= 11 is 0. The average Bonchev–Trinajstić information content (AvgIpc) is 2.82. The van der Waals surface area contributed by atoms with Crippen LogP contribution in [0.1, 0.15) is 16.7 Å². The number of carbonyl (C=O) groups is 3. The van der Waals surface area contributed by atoms with Gasteiger partial charge in [-0.15, -0.1) is 0 Å². The molecule has 0 aromatic heterocycles. The number of benzene rings is 3. The molecule has 0 N–H and O–H groups in total. The largest absolute Gasteiger partial charge is 0.269 e. The van der Waals surface area contributed by atoms with Gasteiger partial charge in [-0.3, -0.25) is 14.4 Å². The molecule has 4 heteroatoms. The quantitative estimate of drug-likeness (QED) is 0.540. The van der Waals surface area contributed by atoms with E-state index in [9.17, 15) is 14.4 Å². The highest BCUT2D eigenvalue weighted by Gasteiger charge is 2.23. The van der Waals surface area contributed by atoms with Crippen molar-refractivity contribution in [3.63, 3.8) is 0 Å². The number of hydrogen-bond donors (Lipinski definition) is 0. The van der Waals surface area contributed by atoms with Crippen molar-refractivity contribution in [3.8, 4) is 0 Å². The first-order chi connectivity index (χ1) is 15.1. The Hall–Kier alpha value is -4.31. The monoisotopic (exact) mass is 407 g/mol. The van der Waals surface area contributed by atoms with E-state index in [0.717, 1.165) is 16.7 Å². The summed E-state index contributed by atoms with van der Waals surface area (Å²) in [6, 6.07) is 27.5. The molecule has 0 radical (unpaired) electrons.